The molecule has 2 aromatic rings. The molecule has 1 unspecified atom stereocenters. The van der Waals surface area contributed by atoms with Crippen molar-refractivity contribution in [1.29, 1.82) is 0 Å². The van der Waals surface area contributed by atoms with Crippen molar-refractivity contribution in [1.82, 2.24) is 4.98 Å². The van der Waals surface area contributed by atoms with Crippen LogP contribution in [-0.2, 0) is 16.0 Å². The highest BCUT2D eigenvalue weighted by molar-refractivity contribution is 6.03. The number of hydrogen-bond acceptors (Lipinski definition) is 4. The minimum absolute atomic E-state index is 0.118. The Morgan fingerprint density at radius 1 is 1.19 bits per heavy atom. The van der Waals surface area contributed by atoms with Crippen LogP contribution in [0.25, 0.3) is 0 Å². The van der Waals surface area contributed by atoms with E-state index in [4.69, 9.17) is 4.74 Å². The molecule has 0 radical (unpaired) electrons. The summed E-state index contributed by atoms with van der Waals surface area (Å²) in [7, 11) is 0. The number of anilines is 1. The number of ketones is 1. The number of aromatic amines is 1. The molecule has 0 bridgehead atoms. The molecule has 3 rings (SSSR count). The van der Waals surface area contributed by atoms with Crippen molar-refractivity contribution in [3.63, 3.8) is 0 Å². The maximum Gasteiger partial charge on any atom is 0.355 e. The molecule has 1 aliphatic heterocycles. The molecule has 6 nitrogen and oxygen atoms in total. The van der Waals surface area contributed by atoms with Gasteiger partial charge in [0.15, 0.2) is 11.9 Å². The van der Waals surface area contributed by atoms with Crippen molar-refractivity contribution in [2.75, 3.05) is 11.4 Å². The number of nitrogens with one attached hydrogen (secondary N) is 1. The normalized spacial score (nSPS) is 14.1. The van der Waals surface area contributed by atoms with Crippen LogP contribution in [0.1, 0.15) is 51.5 Å². The highest BCUT2D eigenvalue weighted by Gasteiger charge is 2.31. The van der Waals surface area contributed by atoms with Gasteiger partial charge in [0.25, 0.3) is 5.91 Å². The molecule has 1 aliphatic rings. The summed E-state index contributed by atoms with van der Waals surface area (Å²) in [6, 6.07) is 7.72. The Labute approximate surface area is 152 Å². The first kappa shape index (κ1) is 17.9. The van der Waals surface area contributed by atoms with E-state index in [1.807, 2.05) is 24.3 Å². The van der Waals surface area contributed by atoms with Gasteiger partial charge in [-0.05, 0) is 51.3 Å². The Morgan fingerprint density at radius 2 is 1.88 bits per heavy atom. The molecule has 0 fully saturated rings. The molecule has 1 aromatic carbocycles. The lowest BCUT2D eigenvalue weighted by molar-refractivity contribution is -0.126. The monoisotopic (exact) mass is 354 g/mol. The van der Waals surface area contributed by atoms with E-state index in [0.717, 1.165) is 17.7 Å². The van der Waals surface area contributed by atoms with E-state index in [1.54, 1.807) is 25.7 Å². The van der Waals surface area contributed by atoms with Crippen LogP contribution in [-0.4, -0.2) is 35.3 Å². The lowest BCUT2D eigenvalue weighted by Crippen LogP contribution is -2.39. The fraction of sp³-hybridized carbons (Fsp3) is 0.350. The average Bonchev–Trinajstić information content (AvgIpc) is 3.14. The maximum atomic E-state index is 12.7. The first-order valence-electron chi connectivity index (χ1n) is 8.61. The highest BCUT2D eigenvalue weighted by Crippen LogP contribution is 2.28. The fourth-order valence-electron chi connectivity index (χ4n) is 3.54. The predicted octanol–water partition coefficient (Wildman–Crippen LogP) is 2.97. The van der Waals surface area contributed by atoms with Gasteiger partial charge in [-0.25, -0.2) is 4.79 Å². The van der Waals surface area contributed by atoms with E-state index in [2.05, 4.69) is 4.98 Å². The van der Waals surface area contributed by atoms with Crippen LogP contribution in [0.3, 0.4) is 0 Å². The molecular formula is C20H22N2O4. The van der Waals surface area contributed by atoms with Crippen molar-refractivity contribution in [3.05, 3.63) is 52.3 Å². The number of aryl methyl sites for hydroxylation is 1. The summed E-state index contributed by atoms with van der Waals surface area (Å²) in [5.74, 6) is -1.00. The van der Waals surface area contributed by atoms with Gasteiger partial charge in [-0.2, -0.15) is 0 Å². The SMILES string of the molecule is CC(=O)c1c(C)[nH]c(C(=O)OC(C)C(=O)N2CCc3ccccc32)c1C. The molecule has 0 saturated carbocycles. The first-order chi connectivity index (χ1) is 12.3. The highest BCUT2D eigenvalue weighted by atomic mass is 16.5. The average molecular weight is 354 g/mol. The van der Waals surface area contributed by atoms with Gasteiger partial charge in [-0.3, -0.25) is 9.59 Å². The van der Waals surface area contributed by atoms with Crippen LogP contribution >= 0.6 is 0 Å². The molecule has 136 valence electrons. The van der Waals surface area contributed by atoms with E-state index >= 15 is 0 Å². The molecule has 1 N–H and O–H groups in total. The predicted molar refractivity (Wildman–Crippen MR) is 97.6 cm³/mol. The summed E-state index contributed by atoms with van der Waals surface area (Å²) in [5.41, 5.74) is 3.85. The number of amides is 1. The van der Waals surface area contributed by atoms with Gasteiger partial charge in [0, 0.05) is 23.5 Å². The molecule has 1 atom stereocenters. The summed E-state index contributed by atoms with van der Waals surface area (Å²) in [4.78, 5) is 41.5. The largest absolute Gasteiger partial charge is 0.448 e. The van der Waals surface area contributed by atoms with Gasteiger partial charge in [0.1, 0.15) is 5.69 Å². The van der Waals surface area contributed by atoms with Gasteiger partial charge < -0.3 is 14.6 Å². The summed E-state index contributed by atoms with van der Waals surface area (Å²) in [5, 5.41) is 0. The minimum Gasteiger partial charge on any atom is -0.448 e. The second-order valence-corrected chi connectivity index (χ2v) is 6.60. The van der Waals surface area contributed by atoms with Crippen molar-refractivity contribution in [3.8, 4) is 0 Å². The molecule has 0 spiro atoms. The number of ether oxygens (including phenoxy) is 1. The lowest BCUT2D eigenvalue weighted by atomic mass is 10.1. The van der Waals surface area contributed by atoms with Crippen LogP contribution in [0.2, 0.25) is 0 Å². The van der Waals surface area contributed by atoms with Crippen LogP contribution < -0.4 is 4.90 Å². The number of nitrogens with zero attached hydrogens (tertiary/aromatic N) is 1. The molecule has 0 saturated heterocycles. The van der Waals surface area contributed by atoms with Gasteiger partial charge in [0.2, 0.25) is 0 Å². The number of Topliss-reactive ketones (excluding diaryl/α,β-unsaturated/α-hetero) is 1. The molecule has 2 heterocycles. The van der Waals surface area contributed by atoms with Crippen molar-refractivity contribution >= 4 is 23.3 Å². The number of carbonyl (C=O) groups excluding carboxylic acids is 3. The van der Waals surface area contributed by atoms with E-state index in [1.165, 1.54) is 6.92 Å². The van der Waals surface area contributed by atoms with Crippen LogP contribution in [0.4, 0.5) is 5.69 Å². The fourth-order valence-corrected chi connectivity index (χ4v) is 3.54. The van der Waals surface area contributed by atoms with E-state index < -0.39 is 12.1 Å². The van der Waals surface area contributed by atoms with Crippen LogP contribution in [0.5, 0.6) is 0 Å². The second-order valence-electron chi connectivity index (χ2n) is 6.60. The zero-order valence-corrected chi connectivity index (χ0v) is 15.4. The van der Waals surface area contributed by atoms with Gasteiger partial charge in [0.05, 0.1) is 0 Å². The Hall–Kier alpha value is -2.89. The van der Waals surface area contributed by atoms with Crippen molar-refractivity contribution in [2.24, 2.45) is 0 Å². The van der Waals surface area contributed by atoms with Gasteiger partial charge in [-0.1, -0.05) is 18.2 Å². The topological polar surface area (TPSA) is 79.5 Å². The van der Waals surface area contributed by atoms with Crippen molar-refractivity contribution < 1.29 is 19.1 Å². The van der Waals surface area contributed by atoms with E-state index in [0.29, 0.717) is 23.4 Å². The van der Waals surface area contributed by atoms with Gasteiger partial charge in [-0.15, -0.1) is 0 Å². The number of rotatable bonds is 4. The summed E-state index contributed by atoms with van der Waals surface area (Å²) < 4.78 is 5.38. The molecule has 0 aliphatic carbocycles. The number of para-hydroxylation sites is 1. The molecule has 1 amide bonds. The number of aromatic nitrogens is 1. The lowest BCUT2D eigenvalue weighted by Gasteiger charge is -2.21. The molecular weight excluding hydrogens is 332 g/mol. The number of H-pyrrole nitrogens is 1. The minimum atomic E-state index is -0.919. The number of esters is 1. The number of benzene rings is 1. The summed E-state index contributed by atoms with van der Waals surface area (Å²) in [6.07, 6.45) is -0.128. The van der Waals surface area contributed by atoms with Crippen molar-refractivity contribution in [2.45, 2.75) is 40.2 Å². The second kappa shape index (κ2) is 6.78. The number of hydrogen-bond donors (Lipinski definition) is 1. The Kier molecular flexibility index (Phi) is 4.68. The molecule has 6 heteroatoms. The molecule has 26 heavy (non-hydrogen) atoms. The zero-order chi connectivity index (χ0) is 19.0. The zero-order valence-electron chi connectivity index (χ0n) is 15.4. The van der Waals surface area contributed by atoms with Crippen LogP contribution in [0, 0.1) is 13.8 Å². The number of fused-ring (bicyclic) bond motifs is 1. The van der Waals surface area contributed by atoms with Gasteiger partial charge >= 0.3 is 5.97 Å². The third-order valence-electron chi connectivity index (χ3n) is 4.78. The number of carbonyl (C=O) groups is 3. The summed E-state index contributed by atoms with van der Waals surface area (Å²) >= 11 is 0. The van der Waals surface area contributed by atoms with E-state index in [-0.39, 0.29) is 17.4 Å². The van der Waals surface area contributed by atoms with Crippen LogP contribution in [0.15, 0.2) is 24.3 Å². The smallest absolute Gasteiger partial charge is 0.355 e. The Bertz CT molecular complexity index is 897. The summed E-state index contributed by atoms with van der Waals surface area (Å²) in [6.45, 7) is 7.03. The van der Waals surface area contributed by atoms with E-state index in [9.17, 15) is 14.4 Å². The third kappa shape index (κ3) is 3.03. The Balaban J connectivity index is 1.75. The maximum absolute atomic E-state index is 12.7. The third-order valence-corrected chi connectivity index (χ3v) is 4.78. The Morgan fingerprint density at radius 3 is 2.54 bits per heavy atom. The first-order valence-corrected chi connectivity index (χ1v) is 8.61. The molecule has 1 aromatic heterocycles. The standard InChI is InChI=1S/C20H22N2O4/c1-11-17(13(3)23)12(2)21-18(11)20(25)26-14(4)19(24)22-10-9-15-7-5-6-8-16(15)22/h5-8,14,21H,9-10H2,1-4H3. The quantitative estimate of drug-likeness (QED) is 0.676.